The van der Waals surface area contributed by atoms with Crippen LogP contribution in [0.5, 0.6) is 0 Å². The first-order valence-electron chi connectivity index (χ1n) is 20.2. The molecule has 0 amide bonds. The molecule has 0 fully saturated rings. The van der Waals surface area contributed by atoms with Gasteiger partial charge in [0, 0.05) is 33.7 Å². The molecule has 0 aromatic rings. The molecule has 0 aliphatic heterocycles. The van der Waals surface area contributed by atoms with Gasteiger partial charge >= 0.3 is 16.4 Å². The highest BCUT2D eigenvalue weighted by Gasteiger charge is 2.43. The first kappa shape index (κ1) is 49.4. The lowest BCUT2D eigenvalue weighted by Crippen LogP contribution is -2.42. The van der Waals surface area contributed by atoms with E-state index in [4.69, 9.17) is 9.47 Å². The number of carbonyl (C=O) groups is 2. The molecule has 0 aromatic heterocycles. The second-order valence-electron chi connectivity index (χ2n) is 13.4. The predicted molar refractivity (Wildman–Crippen MR) is 211 cm³/mol. The number of hydrogen-bond donors (Lipinski definition) is 0. The van der Waals surface area contributed by atoms with E-state index in [9.17, 15) is 19.7 Å². The maximum atomic E-state index is 12.1. The molecule has 7 nitrogen and oxygen atoms in total. The van der Waals surface area contributed by atoms with Crippen molar-refractivity contribution in [1.29, 1.82) is 0 Å². The van der Waals surface area contributed by atoms with Crippen molar-refractivity contribution >= 4 is 27.9 Å². The molecule has 1 unspecified atom stereocenters. The van der Waals surface area contributed by atoms with Crippen LogP contribution in [0.15, 0.2) is 24.3 Å². The third-order valence-electron chi connectivity index (χ3n) is 8.49. The molecule has 1 atom stereocenters. The number of halogens is 1. The normalized spacial score (nSPS) is 12.5. The summed E-state index contributed by atoms with van der Waals surface area (Å²) in [6.45, 7) is 7.89. The zero-order valence-corrected chi connectivity index (χ0v) is 33.9. The molecule has 0 heterocycles. The van der Waals surface area contributed by atoms with Crippen LogP contribution in [0, 0.1) is 10.1 Å². The molecule has 0 N–H and O–H groups in total. The van der Waals surface area contributed by atoms with Gasteiger partial charge in [-0.2, -0.15) is 0 Å². The van der Waals surface area contributed by atoms with Gasteiger partial charge in [-0.1, -0.05) is 161 Å². The fourth-order valence-corrected chi connectivity index (χ4v) is 5.44. The Hall–Kier alpha value is -1.70. The summed E-state index contributed by atoms with van der Waals surface area (Å²) in [6.07, 6.45) is 40.6. The van der Waals surface area contributed by atoms with E-state index in [1.54, 1.807) is 0 Å². The lowest BCUT2D eigenvalue weighted by atomic mass is 10.1. The van der Waals surface area contributed by atoms with Gasteiger partial charge in [-0.05, 0) is 57.8 Å². The number of unbranched alkanes of at least 4 members (excludes halogenated alkanes) is 21. The molecule has 288 valence electrons. The third-order valence-corrected chi connectivity index (χ3v) is 9.24. The molecule has 8 heteroatoms. The predicted octanol–water partition coefficient (Wildman–Crippen LogP) is 13.5. The number of hydrogen-bond acceptors (Lipinski definition) is 6. The van der Waals surface area contributed by atoms with E-state index >= 15 is 0 Å². The van der Waals surface area contributed by atoms with Crippen molar-refractivity contribution in [3.63, 3.8) is 0 Å². The minimum atomic E-state index is -1.82. The van der Waals surface area contributed by atoms with Gasteiger partial charge in [0.2, 0.25) is 0 Å². The van der Waals surface area contributed by atoms with E-state index in [1.165, 1.54) is 109 Å². The van der Waals surface area contributed by atoms with Crippen LogP contribution < -0.4 is 0 Å². The van der Waals surface area contributed by atoms with Crippen molar-refractivity contribution in [2.24, 2.45) is 0 Å². The molecule has 0 aliphatic rings. The van der Waals surface area contributed by atoms with E-state index < -0.39 is 34.5 Å². The Balaban J connectivity index is 0. The number of nitro groups is 1. The summed E-state index contributed by atoms with van der Waals surface area (Å²) in [5, 5.41) is 11.5. The van der Waals surface area contributed by atoms with E-state index in [0.717, 1.165) is 44.9 Å². The Morgan fingerprint density at radius 1 is 0.531 bits per heavy atom. The molecule has 0 rings (SSSR count). The number of allylic oxidation sites excluding steroid dienone is 4. The largest absolute Gasteiger partial charge is 0.457 e. The Labute approximate surface area is 310 Å². The number of esters is 2. The highest BCUT2D eigenvalue weighted by molar-refractivity contribution is 9.10. The van der Waals surface area contributed by atoms with E-state index in [1.807, 2.05) is 0 Å². The summed E-state index contributed by atoms with van der Waals surface area (Å²) in [4.78, 5) is 34.9. The first-order chi connectivity index (χ1) is 23.8. The van der Waals surface area contributed by atoms with Crippen LogP contribution in [-0.2, 0) is 19.1 Å². The van der Waals surface area contributed by atoms with Gasteiger partial charge in [0.15, 0.2) is 13.2 Å². The third kappa shape index (κ3) is 37.4. The number of carbonyl (C=O) groups excluding carboxylic acids is 2. The van der Waals surface area contributed by atoms with Crippen LogP contribution in [-0.4, -0.2) is 34.5 Å². The summed E-state index contributed by atoms with van der Waals surface area (Å²) in [6, 6.07) is 0. The Morgan fingerprint density at radius 3 is 1.16 bits per heavy atom. The van der Waals surface area contributed by atoms with Gasteiger partial charge in [-0.25, -0.2) is 0 Å². The highest BCUT2D eigenvalue weighted by atomic mass is 79.9. The number of nitrogens with zero attached hydrogens (tertiary/aromatic N) is 1. The van der Waals surface area contributed by atoms with Crippen LogP contribution >= 0.6 is 15.9 Å². The summed E-state index contributed by atoms with van der Waals surface area (Å²) < 4.78 is 8.41. The van der Waals surface area contributed by atoms with Crippen LogP contribution in [0.1, 0.15) is 207 Å². The number of alkyl halides is 1. The minimum Gasteiger partial charge on any atom is -0.457 e. The number of rotatable bonds is 34. The molecule has 0 aliphatic carbocycles. The Bertz CT molecular complexity index is 818. The zero-order chi connectivity index (χ0) is 36.7. The average molecular weight is 759 g/mol. The Morgan fingerprint density at radius 2 is 0.837 bits per heavy atom. The van der Waals surface area contributed by atoms with Gasteiger partial charge in [0.05, 0.1) is 0 Å². The van der Waals surface area contributed by atoms with Gasteiger partial charge < -0.3 is 9.47 Å². The summed E-state index contributed by atoms with van der Waals surface area (Å²) in [5.74, 6) is -0.930. The van der Waals surface area contributed by atoms with Crippen molar-refractivity contribution < 1.29 is 24.0 Å². The van der Waals surface area contributed by atoms with Gasteiger partial charge in [-0.15, -0.1) is 0 Å². The molecule has 0 bridgehead atoms. The average Bonchev–Trinajstić information content (AvgIpc) is 3.09. The van der Waals surface area contributed by atoms with Gasteiger partial charge in [0.1, 0.15) is 0 Å². The first-order valence-corrected chi connectivity index (χ1v) is 21.0. The maximum Gasteiger partial charge on any atom is 0.341 e. The minimum absolute atomic E-state index is 0.236. The van der Waals surface area contributed by atoms with Crippen LogP contribution in [0.2, 0.25) is 0 Å². The second kappa shape index (κ2) is 39.1. The van der Waals surface area contributed by atoms with Crippen molar-refractivity contribution in [3.8, 4) is 0 Å². The second-order valence-corrected chi connectivity index (χ2v) is 14.9. The molecule has 0 saturated heterocycles. The Kier molecular flexibility index (Phi) is 39.4. The van der Waals surface area contributed by atoms with Gasteiger partial charge in [0.25, 0.3) is 0 Å². The van der Waals surface area contributed by atoms with E-state index in [-0.39, 0.29) is 12.8 Å². The van der Waals surface area contributed by atoms with Crippen LogP contribution in [0.3, 0.4) is 0 Å². The van der Waals surface area contributed by atoms with Crippen LogP contribution in [0.25, 0.3) is 0 Å². The number of ether oxygens (including phenoxy) is 2. The fourth-order valence-electron chi connectivity index (χ4n) is 5.21. The molecule has 0 radical (unpaired) electrons. The maximum absolute atomic E-state index is 12.1. The molecule has 0 spiro atoms. The molecule has 49 heavy (non-hydrogen) atoms. The zero-order valence-electron chi connectivity index (χ0n) is 32.3. The summed E-state index contributed by atoms with van der Waals surface area (Å²) in [5.41, 5.74) is 0. The van der Waals surface area contributed by atoms with E-state index in [0.29, 0.717) is 12.8 Å². The smallest absolute Gasteiger partial charge is 0.341 e. The molecular weight excluding hydrogens is 682 g/mol. The van der Waals surface area contributed by atoms with Crippen molar-refractivity contribution in [3.05, 3.63) is 34.4 Å². The van der Waals surface area contributed by atoms with E-state index in [2.05, 4.69) is 67.9 Å². The fraction of sp³-hybridized carbons (Fsp3) is 0.854. The summed E-state index contributed by atoms with van der Waals surface area (Å²) >= 11 is 3.01. The molecular formula is C41H76BrNO6. The summed E-state index contributed by atoms with van der Waals surface area (Å²) in [7, 11) is 0. The van der Waals surface area contributed by atoms with Crippen LogP contribution in [0.4, 0.5) is 0 Å². The molecule has 0 aromatic carbocycles. The monoisotopic (exact) mass is 757 g/mol. The highest BCUT2D eigenvalue weighted by Crippen LogP contribution is 2.21. The quantitative estimate of drug-likeness (QED) is 0.0123. The standard InChI is InChI=1S/C30H54BrNO6.C11H22/c1-3-5-7-9-11-12-13-14-15-16-17-18-19-21-23-25-29(34)38-27-30(31,32(35)36)26-37-28(33)24-22-20-10-8-6-4-2;1-3-5-7-9-11-10-8-6-4-2/h13-14H,3-12,15-27H2,1-2H3;5,7H,3-4,6,8-11H2,1-2H3/b14-13+;7-5+. The lowest BCUT2D eigenvalue weighted by molar-refractivity contribution is -0.541. The lowest BCUT2D eigenvalue weighted by Gasteiger charge is -2.18. The van der Waals surface area contributed by atoms with Gasteiger partial charge in [-0.3, -0.25) is 19.7 Å². The SMILES string of the molecule is CC/C=C/CCCCCCC.CCCCCCC/C=C/CCCCCCCCC(=O)OCC(Br)(COC(=O)CCCCCCCC)[N+](=O)[O-]. The van der Waals surface area contributed by atoms with Crippen molar-refractivity contribution in [2.45, 2.75) is 212 Å². The topological polar surface area (TPSA) is 95.7 Å². The molecule has 0 saturated carbocycles. The van der Waals surface area contributed by atoms with Crippen molar-refractivity contribution in [1.82, 2.24) is 0 Å². The van der Waals surface area contributed by atoms with Crippen molar-refractivity contribution in [2.75, 3.05) is 13.2 Å².